The Labute approximate surface area is 229 Å². The molecule has 0 aliphatic rings. The monoisotopic (exact) mass is 532 g/mol. The maximum atomic E-state index is 12.2. The van der Waals surface area contributed by atoms with Crippen LogP contribution >= 0.6 is 0 Å². The van der Waals surface area contributed by atoms with E-state index in [9.17, 15) is 9.90 Å². The standard InChI is InChI=1S/C31H36N2O6/c1-4-36-30(34)24-20-25(31(35)37-5-2)22-29(21-24)39-19-9-7-6-8-18-38-28-16-14-27(15-17-28)33-32-26-12-10-23(3)11-13-26/h4,10-17,20-22,30,34H,1,5-9,18-19H2,2-3H3. The molecular weight excluding hydrogens is 496 g/mol. The first-order chi connectivity index (χ1) is 19.0. The second-order valence-corrected chi connectivity index (χ2v) is 8.81. The zero-order valence-electron chi connectivity index (χ0n) is 22.5. The minimum atomic E-state index is -1.25. The number of nitrogens with zero attached hydrogens (tertiary/aromatic N) is 2. The lowest BCUT2D eigenvalue weighted by atomic mass is 10.1. The van der Waals surface area contributed by atoms with E-state index in [1.165, 1.54) is 11.6 Å². The predicted molar refractivity (Wildman–Crippen MR) is 150 cm³/mol. The Hall–Kier alpha value is -4.17. The number of hydrogen-bond acceptors (Lipinski definition) is 8. The number of benzene rings is 3. The molecule has 3 rings (SSSR count). The topological polar surface area (TPSA) is 98.9 Å². The van der Waals surface area contributed by atoms with Crippen molar-refractivity contribution in [2.24, 2.45) is 10.2 Å². The summed E-state index contributed by atoms with van der Waals surface area (Å²) in [6.45, 7) is 8.56. The fourth-order valence-electron chi connectivity index (χ4n) is 3.62. The second-order valence-electron chi connectivity index (χ2n) is 8.81. The van der Waals surface area contributed by atoms with Gasteiger partial charge in [0.05, 0.1) is 43.0 Å². The first kappa shape index (κ1) is 29.4. The molecule has 0 saturated heterocycles. The van der Waals surface area contributed by atoms with E-state index in [1.54, 1.807) is 19.1 Å². The normalized spacial score (nSPS) is 11.7. The molecule has 1 atom stereocenters. The fourth-order valence-corrected chi connectivity index (χ4v) is 3.62. The van der Waals surface area contributed by atoms with Gasteiger partial charge in [-0.2, -0.15) is 10.2 Å². The molecule has 8 nitrogen and oxygen atoms in total. The molecule has 0 fully saturated rings. The summed E-state index contributed by atoms with van der Waals surface area (Å²) in [5.41, 5.74) is 3.45. The van der Waals surface area contributed by atoms with Crippen molar-refractivity contribution in [3.63, 3.8) is 0 Å². The van der Waals surface area contributed by atoms with Crippen molar-refractivity contribution in [2.45, 2.75) is 45.8 Å². The highest BCUT2D eigenvalue weighted by Crippen LogP contribution is 2.25. The minimum absolute atomic E-state index is 0.251. The van der Waals surface area contributed by atoms with Gasteiger partial charge >= 0.3 is 5.97 Å². The van der Waals surface area contributed by atoms with Crippen LogP contribution in [0.15, 0.2) is 89.8 Å². The molecule has 0 radical (unpaired) electrons. The van der Waals surface area contributed by atoms with Crippen LogP contribution in [0.5, 0.6) is 11.5 Å². The van der Waals surface area contributed by atoms with Crippen LogP contribution < -0.4 is 9.47 Å². The van der Waals surface area contributed by atoms with Gasteiger partial charge in [0.15, 0.2) is 0 Å². The third-order valence-corrected chi connectivity index (χ3v) is 5.68. The molecule has 39 heavy (non-hydrogen) atoms. The molecule has 0 aromatic heterocycles. The van der Waals surface area contributed by atoms with Crippen molar-refractivity contribution in [1.29, 1.82) is 0 Å². The van der Waals surface area contributed by atoms with Crippen LogP contribution in [0.4, 0.5) is 11.4 Å². The molecule has 0 amide bonds. The number of aliphatic hydroxyl groups excluding tert-OH is 1. The molecule has 8 heteroatoms. The number of carbonyl (C=O) groups is 1. The molecule has 0 spiro atoms. The Balaban J connectivity index is 1.35. The van der Waals surface area contributed by atoms with E-state index in [-0.39, 0.29) is 12.2 Å². The fraction of sp³-hybridized carbons (Fsp3) is 0.323. The first-order valence-electron chi connectivity index (χ1n) is 13.1. The quantitative estimate of drug-likeness (QED) is 0.0665. The van der Waals surface area contributed by atoms with Crippen molar-refractivity contribution < 1.29 is 28.8 Å². The number of unbranched alkanes of at least 4 members (excludes halogenated alkanes) is 3. The van der Waals surface area contributed by atoms with Gasteiger partial charge in [-0.05, 0) is 94.1 Å². The summed E-state index contributed by atoms with van der Waals surface area (Å²) in [4.78, 5) is 12.2. The molecule has 0 aliphatic carbocycles. The molecule has 1 N–H and O–H groups in total. The zero-order chi connectivity index (χ0) is 27.9. The van der Waals surface area contributed by atoms with Crippen LogP contribution in [-0.4, -0.2) is 30.9 Å². The van der Waals surface area contributed by atoms with Gasteiger partial charge in [-0.25, -0.2) is 4.79 Å². The molecule has 0 aliphatic heterocycles. The van der Waals surface area contributed by atoms with Crippen LogP contribution in [-0.2, 0) is 9.47 Å². The molecule has 1 unspecified atom stereocenters. The average Bonchev–Trinajstić information content (AvgIpc) is 2.95. The SMILES string of the molecule is C=COC(O)c1cc(OCCCCCCOc2ccc(N=Nc3ccc(C)cc3)cc2)cc(C(=O)OCC)c1. The predicted octanol–water partition coefficient (Wildman–Crippen LogP) is 7.76. The lowest BCUT2D eigenvalue weighted by molar-refractivity contribution is -0.0536. The zero-order valence-corrected chi connectivity index (χ0v) is 22.5. The third kappa shape index (κ3) is 10.2. The lowest BCUT2D eigenvalue weighted by Crippen LogP contribution is -2.08. The van der Waals surface area contributed by atoms with E-state index in [2.05, 4.69) is 16.8 Å². The highest BCUT2D eigenvalue weighted by Gasteiger charge is 2.15. The van der Waals surface area contributed by atoms with Gasteiger partial charge < -0.3 is 24.1 Å². The van der Waals surface area contributed by atoms with Crippen LogP contribution in [0.1, 0.15) is 60.4 Å². The van der Waals surface area contributed by atoms with Gasteiger partial charge in [-0.3, -0.25) is 0 Å². The van der Waals surface area contributed by atoms with Crippen LogP contribution in [0.3, 0.4) is 0 Å². The number of esters is 1. The summed E-state index contributed by atoms with van der Waals surface area (Å²) in [5.74, 6) is 0.774. The Bertz CT molecular complexity index is 1210. The molecule has 0 saturated carbocycles. The van der Waals surface area contributed by atoms with Gasteiger partial charge in [-0.1, -0.05) is 24.3 Å². The number of carbonyl (C=O) groups excluding carboxylic acids is 1. The molecule has 3 aromatic rings. The number of ether oxygens (including phenoxy) is 4. The Morgan fingerprint density at radius 3 is 2.05 bits per heavy atom. The van der Waals surface area contributed by atoms with Gasteiger partial charge in [0.1, 0.15) is 11.5 Å². The van der Waals surface area contributed by atoms with Crippen LogP contribution in [0.25, 0.3) is 0 Å². The lowest BCUT2D eigenvalue weighted by Gasteiger charge is -2.14. The number of rotatable bonds is 16. The van der Waals surface area contributed by atoms with Crippen molar-refractivity contribution in [2.75, 3.05) is 19.8 Å². The van der Waals surface area contributed by atoms with E-state index in [0.717, 1.165) is 49.1 Å². The van der Waals surface area contributed by atoms with Crippen molar-refractivity contribution in [1.82, 2.24) is 0 Å². The van der Waals surface area contributed by atoms with Crippen LogP contribution in [0, 0.1) is 6.92 Å². The number of azo groups is 1. The maximum Gasteiger partial charge on any atom is 0.338 e. The summed E-state index contributed by atoms with van der Waals surface area (Å²) >= 11 is 0. The largest absolute Gasteiger partial charge is 0.494 e. The third-order valence-electron chi connectivity index (χ3n) is 5.68. The van der Waals surface area contributed by atoms with Gasteiger partial charge in [0.25, 0.3) is 0 Å². The number of hydrogen-bond donors (Lipinski definition) is 1. The van der Waals surface area contributed by atoms with Crippen molar-refractivity contribution in [3.8, 4) is 11.5 Å². The Morgan fingerprint density at radius 2 is 1.46 bits per heavy atom. The highest BCUT2D eigenvalue weighted by molar-refractivity contribution is 5.90. The summed E-state index contributed by atoms with van der Waals surface area (Å²) in [7, 11) is 0. The molecule has 206 valence electrons. The Morgan fingerprint density at radius 1 is 0.872 bits per heavy atom. The van der Waals surface area contributed by atoms with Crippen molar-refractivity contribution in [3.05, 3.63) is 96.3 Å². The average molecular weight is 533 g/mol. The van der Waals surface area contributed by atoms with Gasteiger partial charge in [-0.15, -0.1) is 0 Å². The van der Waals surface area contributed by atoms with E-state index in [4.69, 9.17) is 18.9 Å². The summed E-state index contributed by atoms with van der Waals surface area (Å²) in [6.07, 6.45) is 3.60. The Kier molecular flexibility index (Phi) is 12.0. The van der Waals surface area contributed by atoms with Crippen molar-refractivity contribution >= 4 is 17.3 Å². The number of aryl methyl sites for hydroxylation is 1. The molecule has 0 heterocycles. The summed E-state index contributed by atoms with van der Waals surface area (Å²) in [6, 6.07) is 20.2. The van der Waals surface area contributed by atoms with E-state index < -0.39 is 12.3 Å². The molecule has 3 aromatic carbocycles. The van der Waals surface area contributed by atoms with Gasteiger partial charge in [0.2, 0.25) is 6.29 Å². The molecule has 0 bridgehead atoms. The summed E-state index contributed by atoms with van der Waals surface area (Å²) in [5, 5.41) is 18.6. The van der Waals surface area contributed by atoms with Crippen LogP contribution in [0.2, 0.25) is 0 Å². The minimum Gasteiger partial charge on any atom is -0.494 e. The molecular formula is C31H36N2O6. The second kappa shape index (κ2) is 15.9. The number of aliphatic hydroxyl groups is 1. The van der Waals surface area contributed by atoms with Gasteiger partial charge in [0, 0.05) is 5.56 Å². The van der Waals surface area contributed by atoms with E-state index in [1.807, 2.05) is 55.5 Å². The maximum absolute atomic E-state index is 12.2. The smallest absolute Gasteiger partial charge is 0.338 e. The highest BCUT2D eigenvalue weighted by atomic mass is 16.6. The first-order valence-corrected chi connectivity index (χ1v) is 13.1. The van der Waals surface area contributed by atoms with E-state index in [0.29, 0.717) is 24.5 Å². The summed E-state index contributed by atoms with van der Waals surface area (Å²) < 4.78 is 21.8. The van der Waals surface area contributed by atoms with E-state index >= 15 is 0 Å².